The van der Waals surface area contributed by atoms with Crippen LogP contribution in [0.3, 0.4) is 0 Å². The van der Waals surface area contributed by atoms with Gasteiger partial charge >= 0.3 is 5.97 Å². The number of carboxylic acids is 1. The molecule has 2 N–H and O–H groups in total. The van der Waals surface area contributed by atoms with Gasteiger partial charge < -0.3 is 14.8 Å². The molecule has 0 fully saturated rings. The Balaban J connectivity index is 2.07. The Kier molecular flexibility index (Phi) is 3.65. The standard InChI is InChI=1S/C12H13N3O4/c1-8(12(17)18)15-10(4-5-14-15)11(16)13-7-9-3-2-6-19-9/h2-6,8H,7H2,1H3,(H,13,16)(H,17,18). The molecule has 2 aromatic heterocycles. The van der Waals surface area contributed by atoms with Crippen LogP contribution in [0.25, 0.3) is 0 Å². The first-order chi connectivity index (χ1) is 9.09. The number of carbonyl (C=O) groups excluding carboxylic acids is 1. The molecular formula is C12H13N3O4. The van der Waals surface area contributed by atoms with Gasteiger partial charge in [-0.1, -0.05) is 0 Å². The molecule has 1 amide bonds. The summed E-state index contributed by atoms with van der Waals surface area (Å²) in [4.78, 5) is 22.9. The summed E-state index contributed by atoms with van der Waals surface area (Å²) < 4.78 is 6.25. The van der Waals surface area contributed by atoms with Gasteiger partial charge in [-0.2, -0.15) is 5.10 Å². The van der Waals surface area contributed by atoms with Gasteiger partial charge in [0.05, 0.1) is 12.8 Å². The smallest absolute Gasteiger partial charge is 0.328 e. The Morgan fingerprint density at radius 2 is 2.32 bits per heavy atom. The van der Waals surface area contributed by atoms with Gasteiger partial charge in [0, 0.05) is 6.20 Å². The van der Waals surface area contributed by atoms with E-state index in [1.54, 1.807) is 12.1 Å². The second-order valence-corrected chi connectivity index (χ2v) is 3.94. The zero-order chi connectivity index (χ0) is 13.8. The fraction of sp³-hybridized carbons (Fsp3) is 0.250. The first-order valence-electron chi connectivity index (χ1n) is 5.66. The quantitative estimate of drug-likeness (QED) is 0.840. The van der Waals surface area contributed by atoms with E-state index in [1.165, 1.54) is 30.1 Å². The number of hydrogen-bond donors (Lipinski definition) is 2. The van der Waals surface area contributed by atoms with Crippen LogP contribution in [0.1, 0.15) is 29.2 Å². The van der Waals surface area contributed by atoms with Crippen molar-refractivity contribution in [1.82, 2.24) is 15.1 Å². The summed E-state index contributed by atoms with van der Waals surface area (Å²) in [6.45, 7) is 1.69. The Morgan fingerprint density at radius 3 is 2.95 bits per heavy atom. The fourth-order valence-electron chi connectivity index (χ4n) is 1.58. The molecule has 0 aliphatic carbocycles. The molecule has 7 heteroatoms. The van der Waals surface area contributed by atoms with E-state index in [-0.39, 0.29) is 12.2 Å². The molecule has 0 radical (unpaired) electrons. The molecule has 0 spiro atoms. The maximum atomic E-state index is 11.9. The summed E-state index contributed by atoms with van der Waals surface area (Å²) in [5.41, 5.74) is 0.196. The molecule has 0 saturated heterocycles. The van der Waals surface area contributed by atoms with Crippen molar-refractivity contribution in [2.24, 2.45) is 0 Å². The zero-order valence-corrected chi connectivity index (χ0v) is 10.2. The summed E-state index contributed by atoms with van der Waals surface area (Å²) in [6, 6.07) is 4.02. The number of hydrogen-bond acceptors (Lipinski definition) is 4. The van der Waals surface area contributed by atoms with Gasteiger partial charge in [-0.25, -0.2) is 9.48 Å². The van der Waals surface area contributed by atoms with Crippen molar-refractivity contribution in [3.63, 3.8) is 0 Å². The van der Waals surface area contributed by atoms with Gasteiger partial charge in [-0.3, -0.25) is 4.79 Å². The highest BCUT2D eigenvalue weighted by molar-refractivity contribution is 5.92. The first kappa shape index (κ1) is 12.9. The van der Waals surface area contributed by atoms with E-state index in [0.29, 0.717) is 5.76 Å². The molecule has 0 saturated carbocycles. The molecule has 2 aromatic rings. The lowest BCUT2D eigenvalue weighted by molar-refractivity contribution is -0.140. The number of rotatable bonds is 5. The second kappa shape index (κ2) is 5.38. The highest BCUT2D eigenvalue weighted by Crippen LogP contribution is 2.09. The number of carboxylic acid groups (broad SMARTS) is 1. The van der Waals surface area contributed by atoms with Crippen molar-refractivity contribution in [3.8, 4) is 0 Å². The first-order valence-corrected chi connectivity index (χ1v) is 5.66. The van der Waals surface area contributed by atoms with Gasteiger partial charge in [-0.05, 0) is 25.1 Å². The highest BCUT2D eigenvalue weighted by Gasteiger charge is 2.20. The number of amides is 1. The average molecular weight is 263 g/mol. The molecular weight excluding hydrogens is 250 g/mol. The van der Waals surface area contributed by atoms with Crippen molar-refractivity contribution in [3.05, 3.63) is 42.1 Å². The predicted molar refractivity (Wildman–Crippen MR) is 64.5 cm³/mol. The van der Waals surface area contributed by atoms with Crippen molar-refractivity contribution in [1.29, 1.82) is 0 Å². The third-order valence-electron chi connectivity index (χ3n) is 2.63. The van der Waals surface area contributed by atoms with E-state index in [4.69, 9.17) is 9.52 Å². The number of nitrogens with zero attached hydrogens (tertiary/aromatic N) is 2. The topological polar surface area (TPSA) is 97.4 Å². The van der Waals surface area contributed by atoms with E-state index in [9.17, 15) is 9.59 Å². The number of aromatic nitrogens is 2. The molecule has 19 heavy (non-hydrogen) atoms. The van der Waals surface area contributed by atoms with Gasteiger partial charge in [0.1, 0.15) is 17.5 Å². The van der Waals surface area contributed by atoms with Crippen LogP contribution in [0.2, 0.25) is 0 Å². The molecule has 0 aliphatic rings. The number of nitrogens with one attached hydrogen (secondary N) is 1. The van der Waals surface area contributed by atoms with Crippen LogP contribution >= 0.6 is 0 Å². The van der Waals surface area contributed by atoms with Gasteiger partial charge in [0.2, 0.25) is 0 Å². The van der Waals surface area contributed by atoms with Crippen LogP contribution in [0.15, 0.2) is 35.1 Å². The van der Waals surface area contributed by atoms with Crippen LogP contribution in [-0.4, -0.2) is 26.8 Å². The van der Waals surface area contributed by atoms with Gasteiger partial charge in [0.25, 0.3) is 5.91 Å². The SMILES string of the molecule is CC(C(=O)O)n1nccc1C(=O)NCc1ccco1. The van der Waals surface area contributed by atoms with Crippen LogP contribution < -0.4 is 5.32 Å². The van der Waals surface area contributed by atoms with Crippen LogP contribution in [0.5, 0.6) is 0 Å². The fourth-order valence-corrected chi connectivity index (χ4v) is 1.58. The molecule has 2 rings (SSSR count). The largest absolute Gasteiger partial charge is 0.480 e. The summed E-state index contributed by atoms with van der Waals surface area (Å²) in [5.74, 6) is -0.837. The molecule has 0 bridgehead atoms. The minimum absolute atomic E-state index is 0.196. The lowest BCUT2D eigenvalue weighted by atomic mass is 10.3. The van der Waals surface area contributed by atoms with E-state index in [0.717, 1.165) is 0 Å². The Labute approximate surface area is 108 Å². The monoisotopic (exact) mass is 263 g/mol. The zero-order valence-electron chi connectivity index (χ0n) is 10.2. The third-order valence-corrected chi connectivity index (χ3v) is 2.63. The molecule has 2 heterocycles. The Hall–Kier alpha value is -2.57. The predicted octanol–water partition coefficient (Wildman–Crippen LogP) is 1.05. The molecule has 0 aromatic carbocycles. The Morgan fingerprint density at radius 1 is 1.53 bits per heavy atom. The molecule has 1 unspecified atom stereocenters. The van der Waals surface area contributed by atoms with E-state index in [1.807, 2.05) is 0 Å². The average Bonchev–Trinajstić information content (AvgIpc) is 3.05. The van der Waals surface area contributed by atoms with Crippen molar-refractivity contribution < 1.29 is 19.1 Å². The minimum atomic E-state index is -1.05. The summed E-state index contributed by atoms with van der Waals surface area (Å²) in [6.07, 6.45) is 2.90. The second-order valence-electron chi connectivity index (χ2n) is 3.94. The summed E-state index contributed by atoms with van der Waals surface area (Å²) in [5, 5.41) is 15.4. The molecule has 100 valence electrons. The number of aliphatic carboxylic acids is 1. The third kappa shape index (κ3) is 2.82. The lowest BCUT2D eigenvalue weighted by Crippen LogP contribution is -2.28. The maximum Gasteiger partial charge on any atom is 0.328 e. The normalized spacial score (nSPS) is 12.1. The van der Waals surface area contributed by atoms with Crippen molar-refractivity contribution >= 4 is 11.9 Å². The molecule has 7 nitrogen and oxygen atoms in total. The van der Waals surface area contributed by atoms with Crippen LogP contribution in [0, 0.1) is 0 Å². The Bertz CT molecular complexity index is 574. The van der Waals surface area contributed by atoms with E-state index >= 15 is 0 Å². The maximum absolute atomic E-state index is 11.9. The summed E-state index contributed by atoms with van der Waals surface area (Å²) in [7, 11) is 0. The van der Waals surface area contributed by atoms with Crippen molar-refractivity contribution in [2.75, 3.05) is 0 Å². The van der Waals surface area contributed by atoms with Gasteiger partial charge in [0.15, 0.2) is 0 Å². The highest BCUT2D eigenvalue weighted by atomic mass is 16.4. The molecule has 0 aliphatic heterocycles. The number of furan rings is 1. The minimum Gasteiger partial charge on any atom is -0.480 e. The number of carbonyl (C=O) groups is 2. The summed E-state index contributed by atoms with van der Waals surface area (Å²) >= 11 is 0. The van der Waals surface area contributed by atoms with Crippen molar-refractivity contribution in [2.45, 2.75) is 19.5 Å². The van der Waals surface area contributed by atoms with Gasteiger partial charge in [-0.15, -0.1) is 0 Å². The molecule has 1 atom stereocenters. The lowest BCUT2D eigenvalue weighted by Gasteiger charge is -2.11. The van der Waals surface area contributed by atoms with E-state index in [2.05, 4.69) is 10.4 Å². The van der Waals surface area contributed by atoms with E-state index < -0.39 is 17.9 Å². The van der Waals surface area contributed by atoms with Crippen LogP contribution in [0.4, 0.5) is 0 Å². The van der Waals surface area contributed by atoms with Crippen LogP contribution in [-0.2, 0) is 11.3 Å².